The number of para-hydroxylation sites is 1. The Morgan fingerprint density at radius 2 is 2.00 bits per heavy atom. The summed E-state index contributed by atoms with van der Waals surface area (Å²) in [4.78, 5) is 15.0. The molecule has 6 nitrogen and oxygen atoms in total. The van der Waals surface area contributed by atoms with Gasteiger partial charge in [-0.25, -0.2) is 4.98 Å². The first-order valence-electron chi connectivity index (χ1n) is 6.46. The number of aliphatic hydroxyl groups excluding tert-OH is 1. The largest absolute Gasteiger partial charge is 0.392 e. The summed E-state index contributed by atoms with van der Waals surface area (Å²) in [6, 6.07) is 10.3. The maximum atomic E-state index is 11.1. The number of benzene rings is 1. The third-order valence-corrected chi connectivity index (χ3v) is 3.42. The highest BCUT2D eigenvalue weighted by Crippen LogP contribution is 2.24. The van der Waals surface area contributed by atoms with Crippen LogP contribution >= 0.6 is 0 Å². The minimum absolute atomic E-state index is 0.0841. The van der Waals surface area contributed by atoms with Crippen molar-refractivity contribution in [3.63, 3.8) is 0 Å². The van der Waals surface area contributed by atoms with Crippen LogP contribution in [0.15, 0.2) is 48.8 Å². The first kappa shape index (κ1) is 13.3. The van der Waals surface area contributed by atoms with Gasteiger partial charge in [0.15, 0.2) is 0 Å². The Balaban J connectivity index is 2.09. The zero-order chi connectivity index (χ0) is 14.8. The Bertz CT molecular complexity index is 811. The number of aromatic nitrogens is 2. The molecule has 1 aromatic carbocycles. The van der Waals surface area contributed by atoms with E-state index in [4.69, 9.17) is 0 Å². The molecular weight excluding hydrogens is 270 g/mol. The van der Waals surface area contributed by atoms with Crippen molar-refractivity contribution in [2.75, 3.05) is 0 Å². The number of nitro benzene ring substituents is 1. The average Bonchev–Trinajstić information content (AvgIpc) is 2.86. The van der Waals surface area contributed by atoms with Crippen molar-refractivity contribution in [2.24, 2.45) is 0 Å². The summed E-state index contributed by atoms with van der Waals surface area (Å²) in [5.74, 6) is 0. The number of hydrogen-bond donors (Lipinski definition) is 1. The molecule has 0 saturated heterocycles. The van der Waals surface area contributed by atoms with Gasteiger partial charge in [-0.15, -0.1) is 0 Å². The lowest BCUT2D eigenvalue weighted by atomic mass is 10.2. The lowest BCUT2D eigenvalue weighted by molar-refractivity contribution is -0.385. The van der Waals surface area contributed by atoms with Crippen molar-refractivity contribution in [1.29, 1.82) is 0 Å². The van der Waals surface area contributed by atoms with Crippen LogP contribution in [0, 0.1) is 10.1 Å². The van der Waals surface area contributed by atoms with Crippen molar-refractivity contribution in [3.8, 4) is 0 Å². The second kappa shape index (κ2) is 5.34. The first-order valence-corrected chi connectivity index (χ1v) is 6.46. The topological polar surface area (TPSA) is 81.2 Å². The second-order valence-electron chi connectivity index (χ2n) is 4.70. The fraction of sp³-hybridized carbons (Fsp3) is 0.133. The predicted molar refractivity (Wildman–Crippen MR) is 77.9 cm³/mol. The number of hydrogen-bond acceptors (Lipinski definition) is 4. The van der Waals surface area contributed by atoms with Crippen molar-refractivity contribution in [1.82, 2.24) is 9.55 Å². The van der Waals surface area contributed by atoms with Crippen molar-refractivity contribution < 1.29 is 10.0 Å². The maximum absolute atomic E-state index is 11.1. The van der Waals surface area contributed by atoms with Gasteiger partial charge in [0.2, 0.25) is 0 Å². The quantitative estimate of drug-likeness (QED) is 0.589. The van der Waals surface area contributed by atoms with Gasteiger partial charge in [-0.05, 0) is 12.1 Å². The van der Waals surface area contributed by atoms with Gasteiger partial charge in [0.1, 0.15) is 5.65 Å². The van der Waals surface area contributed by atoms with Gasteiger partial charge < -0.3 is 9.67 Å². The summed E-state index contributed by atoms with van der Waals surface area (Å²) in [6.07, 6.45) is 3.45. The lowest BCUT2D eigenvalue weighted by Gasteiger charge is -2.05. The van der Waals surface area contributed by atoms with E-state index in [1.807, 2.05) is 10.6 Å². The van der Waals surface area contributed by atoms with E-state index in [0.29, 0.717) is 17.8 Å². The van der Waals surface area contributed by atoms with Crippen LogP contribution in [0.1, 0.15) is 11.1 Å². The number of rotatable bonds is 4. The number of aliphatic hydroxyl groups is 1. The number of pyridine rings is 1. The van der Waals surface area contributed by atoms with E-state index in [9.17, 15) is 15.2 Å². The zero-order valence-electron chi connectivity index (χ0n) is 11.1. The third-order valence-electron chi connectivity index (χ3n) is 3.42. The van der Waals surface area contributed by atoms with Crippen molar-refractivity contribution in [2.45, 2.75) is 13.2 Å². The van der Waals surface area contributed by atoms with Crippen LogP contribution < -0.4 is 0 Å². The minimum Gasteiger partial charge on any atom is -0.392 e. The van der Waals surface area contributed by atoms with E-state index in [1.165, 1.54) is 6.07 Å². The molecule has 3 aromatic rings. The van der Waals surface area contributed by atoms with Gasteiger partial charge in [0.25, 0.3) is 5.69 Å². The summed E-state index contributed by atoms with van der Waals surface area (Å²) in [5, 5.41) is 21.3. The Morgan fingerprint density at radius 1 is 1.19 bits per heavy atom. The maximum Gasteiger partial charge on any atom is 0.274 e. The highest BCUT2D eigenvalue weighted by Gasteiger charge is 2.15. The molecule has 21 heavy (non-hydrogen) atoms. The van der Waals surface area contributed by atoms with Gasteiger partial charge in [0.05, 0.1) is 18.1 Å². The molecule has 6 heteroatoms. The average molecular weight is 283 g/mol. The zero-order valence-corrected chi connectivity index (χ0v) is 11.1. The van der Waals surface area contributed by atoms with Crippen LogP contribution in [-0.4, -0.2) is 19.6 Å². The molecule has 0 aliphatic carbocycles. The van der Waals surface area contributed by atoms with Gasteiger partial charge in [0, 0.05) is 35.0 Å². The molecule has 0 atom stereocenters. The SMILES string of the molecule is O=[N+]([O-])c1ccccc1Cn1cc(CO)c2cccnc21. The molecule has 2 aromatic heterocycles. The summed E-state index contributed by atoms with van der Waals surface area (Å²) < 4.78 is 1.82. The monoisotopic (exact) mass is 283 g/mol. The van der Waals surface area contributed by atoms with Crippen LogP contribution in [0.3, 0.4) is 0 Å². The normalized spacial score (nSPS) is 10.9. The predicted octanol–water partition coefficient (Wildman–Crippen LogP) is 2.49. The summed E-state index contributed by atoms with van der Waals surface area (Å²) in [7, 11) is 0. The van der Waals surface area contributed by atoms with Gasteiger partial charge >= 0.3 is 0 Å². The lowest BCUT2D eigenvalue weighted by Crippen LogP contribution is -2.02. The van der Waals surface area contributed by atoms with Crippen molar-refractivity contribution in [3.05, 3.63) is 70.0 Å². The van der Waals surface area contributed by atoms with Gasteiger partial charge in [-0.3, -0.25) is 10.1 Å². The van der Waals surface area contributed by atoms with Crippen LogP contribution in [0.2, 0.25) is 0 Å². The Labute approximate surface area is 120 Å². The molecule has 3 rings (SSSR count). The molecule has 0 spiro atoms. The summed E-state index contributed by atoms with van der Waals surface area (Å²) in [5.41, 5.74) is 2.16. The summed E-state index contributed by atoms with van der Waals surface area (Å²) >= 11 is 0. The minimum atomic E-state index is -0.387. The Morgan fingerprint density at radius 3 is 2.76 bits per heavy atom. The highest BCUT2D eigenvalue weighted by molar-refractivity contribution is 5.80. The van der Waals surface area contributed by atoms with Gasteiger partial charge in [-0.2, -0.15) is 0 Å². The van der Waals surface area contributed by atoms with Gasteiger partial charge in [-0.1, -0.05) is 18.2 Å². The molecular formula is C15H13N3O3. The van der Waals surface area contributed by atoms with Crippen LogP contribution in [0.4, 0.5) is 5.69 Å². The molecule has 0 saturated carbocycles. The molecule has 0 radical (unpaired) electrons. The Hall–Kier alpha value is -2.73. The molecule has 0 bridgehead atoms. The number of fused-ring (bicyclic) bond motifs is 1. The number of nitrogens with zero attached hydrogens (tertiary/aromatic N) is 3. The summed E-state index contributed by atoms with van der Waals surface area (Å²) in [6.45, 7) is 0.247. The van der Waals surface area contributed by atoms with E-state index >= 15 is 0 Å². The second-order valence-corrected chi connectivity index (χ2v) is 4.70. The molecule has 0 unspecified atom stereocenters. The fourth-order valence-electron chi connectivity index (χ4n) is 2.45. The van der Waals surface area contributed by atoms with E-state index in [0.717, 1.165) is 10.9 Å². The van der Waals surface area contributed by atoms with Crippen LogP contribution in [-0.2, 0) is 13.2 Å². The first-order chi connectivity index (χ1) is 10.2. The molecule has 106 valence electrons. The fourth-order valence-corrected chi connectivity index (χ4v) is 2.45. The molecule has 0 aliphatic heterocycles. The highest BCUT2D eigenvalue weighted by atomic mass is 16.6. The smallest absolute Gasteiger partial charge is 0.274 e. The molecule has 0 aliphatic rings. The molecule has 0 fully saturated rings. The van der Waals surface area contributed by atoms with Crippen LogP contribution in [0.5, 0.6) is 0 Å². The third kappa shape index (κ3) is 2.36. The molecule has 1 N–H and O–H groups in total. The van der Waals surface area contributed by atoms with Crippen LogP contribution in [0.25, 0.3) is 11.0 Å². The Kier molecular flexibility index (Phi) is 3.37. The van der Waals surface area contributed by atoms with Crippen molar-refractivity contribution >= 4 is 16.7 Å². The van der Waals surface area contributed by atoms with E-state index in [-0.39, 0.29) is 17.2 Å². The van der Waals surface area contributed by atoms with E-state index in [2.05, 4.69) is 4.98 Å². The van der Waals surface area contributed by atoms with E-state index in [1.54, 1.807) is 36.7 Å². The standard InChI is InChI=1S/C15H13N3O3/c19-10-12-9-17(15-13(12)5-3-7-16-15)8-11-4-1-2-6-14(11)18(20)21/h1-7,9,19H,8,10H2. The molecule has 2 heterocycles. The van der Waals surface area contributed by atoms with E-state index < -0.39 is 0 Å². The number of nitro groups is 1. The molecule has 0 amide bonds.